The highest BCUT2D eigenvalue weighted by molar-refractivity contribution is 4.79. The van der Waals surface area contributed by atoms with Gasteiger partial charge in [0.1, 0.15) is 0 Å². The van der Waals surface area contributed by atoms with Crippen LogP contribution in [0.4, 0.5) is 0 Å². The summed E-state index contributed by atoms with van der Waals surface area (Å²) in [5.74, 6) is 2.71. The summed E-state index contributed by atoms with van der Waals surface area (Å²) in [4.78, 5) is 0. The van der Waals surface area contributed by atoms with Crippen LogP contribution in [0.15, 0.2) is 0 Å². The molecule has 2 rings (SSSR count). The van der Waals surface area contributed by atoms with E-state index in [1.165, 1.54) is 44.9 Å². The molecule has 18 heavy (non-hydrogen) atoms. The van der Waals surface area contributed by atoms with E-state index in [2.05, 4.69) is 19.2 Å². The van der Waals surface area contributed by atoms with Crippen LogP contribution in [-0.2, 0) is 4.74 Å². The van der Waals surface area contributed by atoms with Crippen LogP contribution < -0.4 is 5.32 Å². The molecule has 0 heterocycles. The second kappa shape index (κ2) is 7.49. The number of ether oxygens (including phenoxy) is 1. The van der Waals surface area contributed by atoms with Crippen LogP contribution in [0.5, 0.6) is 0 Å². The van der Waals surface area contributed by atoms with Crippen molar-refractivity contribution in [2.45, 2.75) is 64.8 Å². The quantitative estimate of drug-likeness (QED) is 0.667. The first-order valence-corrected chi connectivity index (χ1v) is 8.07. The van der Waals surface area contributed by atoms with Crippen LogP contribution in [0.1, 0.15) is 58.8 Å². The van der Waals surface area contributed by atoms with Crippen molar-refractivity contribution in [3.63, 3.8) is 0 Å². The van der Waals surface area contributed by atoms with Gasteiger partial charge in [0, 0.05) is 19.3 Å². The molecule has 0 aromatic heterocycles. The lowest BCUT2D eigenvalue weighted by molar-refractivity contribution is 0.120. The Morgan fingerprint density at radius 1 is 1.17 bits per heavy atom. The molecule has 2 unspecified atom stereocenters. The average Bonchev–Trinajstić information content (AvgIpc) is 3.18. The maximum Gasteiger partial charge on any atom is 0.0494 e. The smallest absolute Gasteiger partial charge is 0.0494 e. The third kappa shape index (κ3) is 5.27. The second-order valence-electron chi connectivity index (χ2n) is 6.69. The molecule has 2 heteroatoms. The summed E-state index contributed by atoms with van der Waals surface area (Å²) in [6, 6.07) is 0.773. The summed E-state index contributed by atoms with van der Waals surface area (Å²) in [5, 5.41) is 3.73. The van der Waals surface area contributed by atoms with Crippen molar-refractivity contribution in [2.24, 2.45) is 17.8 Å². The Morgan fingerprint density at radius 2 is 2.00 bits per heavy atom. The third-order valence-corrected chi connectivity index (χ3v) is 4.61. The highest BCUT2D eigenvalue weighted by Gasteiger charge is 2.23. The number of rotatable bonds is 8. The summed E-state index contributed by atoms with van der Waals surface area (Å²) >= 11 is 0. The largest absolute Gasteiger partial charge is 0.381 e. The summed E-state index contributed by atoms with van der Waals surface area (Å²) in [6.07, 6.45) is 9.61. The van der Waals surface area contributed by atoms with Crippen molar-refractivity contribution >= 4 is 0 Å². The third-order valence-electron chi connectivity index (χ3n) is 4.61. The molecule has 2 nitrogen and oxygen atoms in total. The second-order valence-corrected chi connectivity index (χ2v) is 6.69. The zero-order valence-corrected chi connectivity index (χ0v) is 12.3. The number of hydrogen-bond donors (Lipinski definition) is 1. The van der Waals surface area contributed by atoms with Gasteiger partial charge in [-0.2, -0.15) is 0 Å². The molecule has 2 fully saturated rings. The molecule has 0 radical (unpaired) electrons. The Kier molecular flexibility index (Phi) is 5.97. The molecule has 0 saturated heterocycles. The van der Waals surface area contributed by atoms with Gasteiger partial charge in [-0.3, -0.25) is 0 Å². The summed E-state index contributed by atoms with van der Waals surface area (Å²) in [6.45, 7) is 7.85. The van der Waals surface area contributed by atoms with Gasteiger partial charge in [-0.05, 0) is 56.4 Å². The monoisotopic (exact) mass is 253 g/mol. The van der Waals surface area contributed by atoms with E-state index >= 15 is 0 Å². The van der Waals surface area contributed by atoms with Gasteiger partial charge in [-0.25, -0.2) is 0 Å². The Bertz CT molecular complexity index is 225. The topological polar surface area (TPSA) is 21.3 Å². The molecule has 2 atom stereocenters. The van der Waals surface area contributed by atoms with Gasteiger partial charge in [0.15, 0.2) is 0 Å². The maximum atomic E-state index is 5.67. The molecule has 0 bridgehead atoms. The van der Waals surface area contributed by atoms with Gasteiger partial charge < -0.3 is 10.1 Å². The Balaban J connectivity index is 1.47. The lowest BCUT2D eigenvalue weighted by Gasteiger charge is -2.32. The van der Waals surface area contributed by atoms with Crippen LogP contribution >= 0.6 is 0 Å². The van der Waals surface area contributed by atoms with E-state index in [1.807, 2.05) is 0 Å². The molecular weight excluding hydrogens is 222 g/mol. The molecule has 0 spiro atoms. The van der Waals surface area contributed by atoms with E-state index in [0.717, 1.165) is 43.6 Å². The molecule has 2 saturated carbocycles. The highest BCUT2D eigenvalue weighted by Crippen LogP contribution is 2.30. The molecule has 1 N–H and O–H groups in total. The lowest BCUT2D eigenvalue weighted by Crippen LogP contribution is -2.36. The zero-order valence-electron chi connectivity index (χ0n) is 12.3. The Morgan fingerprint density at radius 3 is 2.72 bits per heavy atom. The first kappa shape index (κ1) is 14.3. The van der Waals surface area contributed by atoms with Crippen LogP contribution in [-0.4, -0.2) is 25.8 Å². The fourth-order valence-corrected chi connectivity index (χ4v) is 3.03. The fraction of sp³-hybridized carbons (Fsp3) is 1.00. The van der Waals surface area contributed by atoms with Crippen LogP contribution in [0, 0.1) is 17.8 Å². The predicted molar refractivity (Wildman–Crippen MR) is 76.7 cm³/mol. The number of nitrogens with one attached hydrogen (secondary N) is 1. The summed E-state index contributed by atoms with van der Waals surface area (Å²) in [5.41, 5.74) is 0. The average molecular weight is 253 g/mol. The number of hydrogen-bond acceptors (Lipinski definition) is 2. The molecule has 0 aromatic rings. The van der Waals surface area contributed by atoms with Crippen molar-refractivity contribution in [2.75, 3.05) is 19.8 Å². The van der Waals surface area contributed by atoms with E-state index in [4.69, 9.17) is 4.74 Å². The van der Waals surface area contributed by atoms with Crippen LogP contribution in [0.25, 0.3) is 0 Å². The first-order valence-electron chi connectivity index (χ1n) is 8.07. The van der Waals surface area contributed by atoms with Gasteiger partial charge in [0.2, 0.25) is 0 Å². The molecule has 0 aliphatic heterocycles. The van der Waals surface area contributed by atoms with Crippen molar-refractivity contribution < 1.29 is 4.74 Å². The molecule has 106 valence electrons. The normalized spacial score (nSPS) is 28.8. The van der Waals surface area contributed by atoms with Crippen molar-refractivity contribution in [1.29, 1.82) is 0 Å². The minimum atomic E-state index is 0.773. The molecule has 0 amide bonds. The highest BCUT2D eigenvalue weighted by atomic mass is 16.5. The van der Waals surface area contributed by atoms with E-state index in [-0.39, 0.29) is 0 Å². The zero-order chi connectivity index (χ0) is 12.8. The van der Waals surface area contributed by atoms with Gasteiger partial charge >= 0.3 is 0 Å². The maximum absolute atomic E-state index is 5.67. The van der Waals surface area contributed by atoms with Gasteiger partial charge in [-0.1, -0.05) is 26.7 Å². The summed E-state index contributed by atoms with van der Waals surface area (Å²) in [7, 11) is 0. The summed E-state index contributed by atoms with van der Waals surface area (Å²) < 4.78 is 5.67. The predicted octanol–water partition coefficient (Wildman–Crippen LogP) is 3.61. The van der Waals surface area contributed by atoms with E-state index < -0.39 is 0 Å². The lowest BCUT2D eigenvalue weighted by atomic mass is 9.79. The van der Waals surface area contributed by atoms with Crippen LogP contribution in [0.3, 0.4) is 0 Å². The van der Waals surface area contributed by atoms with Gasteiger partial charge in [0.25, 0.3) is 0 Å². The Hall–Kier alpha value is -0.0800. The Labute approximate surface area is 113 Å². The van der Waals surface area contributed by atoms with Crippen molar-refractivity contribution in [3.8, 4) is 0 Å². The van der Waals surface area contributed by atoms with E-state index in [1.54, 1.807) is 0 Å². The molecule has 2 aliphatic rings. The minimum Gasteiger partial charge on any atom is -0.381 e. The van der Waals surface area contributed by atoms with Crippen molar-refractivity contribution in [3.05, 3.63) is 0 Å². The first-order chi connectivity index (χ1) is 8.75. The SMILES string of the molecule is CC(C)C1CCCC(NCCCOCC2CC2)C1. The van der Waals surface area contributed by atoms with Crippen LogP contribution in [0.2, 0.25) is 0 Å². The fourth-order valence-electron chi connectivity index (χ4n) is 3.03. The van der Waals surface area contributed by atoms with E-state index in [9.17, 15) is 0 Å². The van der Waals surface area contributed by atoms with Gasteiger partial charge in [0.05, 0.1) is 0 Å². The standard InChI is InChI=1S/C16H31NO/c1-13(2)15-5-3-6-16(11-15)17-9-4-10-18-12-14-7-8-14/h13-17H,3-12H2,1-2H3. The molecule has 2 aliphatic carbocycles. The minimum absolute atomic E-state index is 0.773. The van der Waals surface area contributed by atoms with Gasteiger partial charge in [-0.15, -0.1) is 0 Å². The van der Waals surface area contributed by atoms with E-state index in [0.29, 0.717) is 0 Å². The molecular formula is C16H31NO. The van der Waals surface area contributed by atoms with Crippen molar-refractivity contribution in [1.82, 2.24) is 5.32 Å². The molecule has 0 aromatic carbocycles.